The second kappa shape index (κ2) is 6.91. The van der Waals surface area contributed by atoms with E-state index in [4.69, 9.17) is 5.11 Å². The number of likely N-dealkylation sites (tertiary alicyclic amines) is 1. The standard InChI is InChI=1S/C17H20FN3O2/c18-15-12-13(6-7-16(15)21-10-3-8-19-21)17(23)20-9-1-4-14(20)5-2-11-22/h3,6-8,10,12,14,22H,1-2,4-5,9,11H2. The summed E-state index contributed by atoms with van der Waals surface area (Å²) in [6.45, 7) is 0.823. The normalized spacial score (nSPS) is 17.7. The van der Waals surface area contributed by atoms with Gasteiger partial charge in [0.1, 0.15) is 11.5 Å². The molecule has 1 aromatic heterocycles. The van der Waals surface area contributed by atoms with Crippen LogP contribution in [0.3, 0.4) is 0 Å². The zero-order valence-electron chi connectivity index (χ0n) is 12.9. The van der Waals surface area contributed by atoms with Gasteiger partial charge in [-0.1, -0.05) is 0 Å². The molecule has 0 aliphatic carbocycles. The highest BCUT2D eigenvalue weighted by Gasteiger charge is 2.29. The van der Waals surface area contributed by atoms with Crippen LogP contribution in [0, 0.1) is 5.82 Å². The minimum Gasteiger partial charge on any atom is -0.396 e. The molecule has 1 aliphatic rings. The average molecular weight is 317 g/mol. The van der Waals surface area contributed by atoms with Gasteiger partial charge in [0.05, 0.1) is 0 Å². The number of carbonyl (C=O) groups excluding carboxylic acids is 1. The number of amides is 1. The van der Waals surface area contributed by atoms with Gasteiger partial charge in [-0.15, -0.1) is 0 Å². The molecule has 0 saturated carbocycles. The number of rotatable bonds is 5. The van der Waals surface area contributed by atoms with Crippen molar-refractivity contribution >= 4 is 5.91 Å². The highest BCUT2D eigenvalue weighted by Crippen LogP contribution is 2.24. The molecule has 1 aromatic carbocycles. The number of halogens is 1. The van der Waals surface area contributed by atoms with Crippen molar-refractivity contribution in [3.05, 3.63) is 48.0 Å². The summed E-state index contributed by atoms with van der Waals surface area (Å²) in [7, 11) is 0. The maximum atomic E-state index is 14.3. The molecular formula is C17H20FN3O2. The van der Waals surface area contributed by atoms with Crippen LogP contribution in [0.2, 0.25) is 0 Å². The van der Waals surface area contributed by atoms with Crippen LogP contribution in [0.25, 0.3) is 5.69 Å². The number of benzene rings is 1. The zero-order valence-corrected chi connectivity index (χ0v) is 12.9. The lowest BCUT2D eigenvalue weighted by molar-refractivity contribution is 0.0724. The predicted molar refractivity (Wildman–Crippen MR) is 83.9 cm³/mol. The van der Waals surface area contributed by atoms with Gasteiger partial charge in [0, 0.05) is 37.2 Å². The molecule has 1 N–H and O–H groups in total. The summed E-state index contributed by atoms with van der Waals surface area (Å²) >= 11 is 0. The molecule has 1 aliphatic heterocycles. The van der Waals surface area contributed by atoms with E-state index in [1.165, 1.54) is 10.7 Å². The summed E-state index contributed by atoms with van der Waals surface area (Å²) in [5, 5.41) is 13.0. The lowest BCUT2D eigenvalue weighted by Crippen LogP contribution is -2.35. The summed E-state index contributed by atoms with van der Waals surface area (Å²) in [5.74, 6) is -0.609. The van der Waals surface area contributed by atoms with Crippen LogP contribution in [0.5, 0.6) is 0 Å². The van der Waals surface area contributed by atoms with Crippen LogP contribution in [0.4, 0.5) is 4.39 Å². The molecule has 3 rings (SSSR count). The fourth-order valence-corrected chi connectivity index (χ4v) is 3.13. The second-order valence-corrected chi connectivity index (χ2v) is 5.78. The van der Waals surface area contributed by atoms with E-state index in [2.05, 4.69) is 5.10 Å². The number of hydrogen-bond donors (Lipinski definition) is 1. The summed E-state index contributed by atoms with van der Waals surface area (Å²) in [6.07, 6.45) is 6.60. The topological polar surface area (TPSA) is 58.4 Å². The highest BCUT2D eigenvalue weighted by atomic mass is 19.1. The van der Waals surface area contributed by atoms with E-state index >= 15 is 0 Å². The van der Waals surface area contributed by atoms with E-state index in [1.54, 1.807) is 35.5 Å². The van der Waals surface area contributed by atoms with Crippen molar-refractivity contribution < 1.29 is 14.3 Å². The molecule has 2 heterocycles. The Morgan fingerprint density at radius 1 is 1.43 bits per heavy atom. The van der Waals surface area contributed by atoms with Crippen molar-refractivity contribution in [1.82, 2.24) is 14.7 Å². The Morgan fingerprint density at radius 2 is 2.30 bits per heavy atom. The third kappa shape index (κ3) is 3.27. The van der Waals surface area contributed by atoms with E-state index in [0.29, 0.717) is 24.2 Å². The largest absolute Gasteiger partial charge is 0.396 e. The van der Waals surface area contributed by atoms with Gasteiger partial charge in [-0.2, -0.15) is 5.10 Å². The van der Waals surface area contributed by atoms with Crippen LogP contribution in [-0.2, 0) is 0 Å². The second-order valence-electron chi connectivity index (χ2n) is 5.78. The van der Waals surface area contributed by atoms with E-state index in [9.17, 15) is 9.18 Å². The maximum Gasteiger partial charge on any atom is 0.254 e. The Balaban J connectivity index is 1.78. The molecule has 1 atom stereocenters. The smallest absolute Gasteiger partial charge is 0.254 e. The Bertz CT molecular complexity index is 672. The van der Waals surface area contributed by atoms with Crippen molar-refractivity contribution in [2.75, 3.05) is 13.2 Å². The van der Waals surface area contributed by atoms with Gasteiger partial charge in [-0.25, -0.2) is 9.07 Å². The molecule has 122 valence electrons. The number of nitrogens with zero attached hydrogens (tertiary/aromatic N) is 3. The van der Waals surface area contributed by atoms with Crippen molar-refractivity contribution in [2.45, 2.75) is 31.7 Å². The third-order valence-corrected chi connectivity index (χ3v) is 4.28. The zero-order chi connectivity index (χ0) is 16.2. The molecule has 0 spiro atoms. The Labute approximate surface area is 134 Å². The molecule has 1 unspecified atom stereocenters. The fraction of sp³-hybridized carbons (Fsp3) is 0.412. The van der Waals surface area contributed by atoms with Gasteiger partial charge < -0.3 is 10.0 Å². The predicted octanol–water partition coefficient (Wildman–Crippen LogP) is 2.39. The van der Waals surface area contributed by atoms with Crippen molar-refractivity contribution in [1.29, 1.82) is 0 Å². The highest BCUT2D eigenvalue weighted by molar-refractivity contribution is 5.94. The molecular weight excluding hydrogens is 297 g/mol. The number of hydrogen-bond acceptors (Lipinski definition) is 3. The average Bonchev–Trinajstić information content (AvgIpc) is 3.23. The molecule has 2 aromatic rings. The molecule has 1 saturated heterocycles. The molecule has 0 bridgehead atoms. The Morgan fingerprint density at radius 3 is 3.00 bits per heavy atom. The quantitative estimate of drug-likeness (QED) is 0.921. The Hall–Kier alpha value is -2.21. The lowest BCUT2D eigenvalue weighted by Gasteiger charge is -2.24. The van der Waals surface area contributed by atoms with E-state index in [1.807, 2.05) is 0 Å². The van der Waals surface area contributed by atoms with Crippen molar-refractivity contribution in [3.63, 3.8) is 0 Å². The first kappa shape index (κ1) is 15.7. The molecule has 6 heteroatoms. The minimum absolute atomic E-state index is 0.131. The van der Waals surface area contributed by atoms with Crippen LogP contribution in [-0.4, -0.2) is 44.9 Å². The fourth-order valence-electron chi connectivity index (χ4n) is 3.13. The summed E-state index contributed by atoms with van der Waals surface area (Å²) < 4.78 is 15.7. The minimum atomic E-state index is -0.467. The first-order valence-electron chi connectivity index (χ1n) is 7.92. The van der Waals surface area contributed by atoms with Gasteiger partial charge in [0.2, 0.25) is 0 Å². The van der Waals surface area contributed by atoms with Gasteiger partial charge in [0.25, 0.3) is 5.91 Å². The van der Waals surface area contributed by atoms with Gasteiger partial charge in [0.15, 0.2) is 0 Å². The van der Waals surface area contributed by atoms with Crippen LogP contribution < -0.4 is 0 Å². The molecule has 23 heavy (non-hydrogen) atoms. The summed E-state index contributed by atoms with van der Waals surface area (Å²) in [5.41, 5.74) is 0.680. The van der Waals surface area contributed by atoms with Crippen molar-refractivity contribution in [3.8, 4) is 5.69 Å². The SMILES string of the molecule is O=C(c1ccc(-n2cccn2)c(F)c1)N1CCCC1CCCO. The van der Waals surface area contributed by atoms with Gasteiger partial charge in [-0.3, -0.25) is 4.79 Å². The summed E-state index contributed by atoms with van der Waals surface area (Å²) in [4.78, 5) is 14.4. The van der Waals surface area contributed by atoms with Gasteiger partial charge in [-0.05, 0) is 49.9 Å². The van der Waals surface area contributed by atoms with E-state index in [0.717, 1.165) is 19.3 Å². The number of carbonyl (C=O) groups is 1. The third-order valence-electron chi connectivity index (χ3n) is 4.28. The van der Waals surface area contributed by atoms with Crippen molar-refractivity contribution in [2.24, 2.45) is 0 Å². The van der Waals surface area contributed by atoms with Gasteiger partial charge >= 0.3 is 0 Å². The van der Waals surface area contributed by atoms with E-state index in [-0.39, 0.29) is 18.6 Å². The van der Waals surface area contributed by atoms with Crippen LogP contribution in [0.1, 0.15) is 36.0 Å². The van der Waals surface area contributed by atoms with Crippen LogP contribution in [0.15, 0.2) is 36.7 Å². The molecule has 5 nitrogen and oxygen atoms in total. The first-order valence-corrected chi connectivity index (χ1v) is 7.92. The van der Waals surface area contributed by atoms with E-state index < -0.39 is 5.82 Å². The number of aromatic nitrogens is 2. The monoisotopic (exact) mass is 317 g/mol. The molecule has 0 radical (unpaired) electrons. The molecule has 1 amide bonds. The Kier molecular flexibility index (Phi) is 4.71. The molecule has 1 fully saturated rings. The maximum absolute atomic E-state index is 14.3. The lowest BCUT2D eigenvalue weighted by atomic mass is 10.1. The first-order chi connectivity index (χ1) is 11.2. The number of aliphatic hydroxyl groups excluding tert-OH is 1. The van der Waals surface area contributed by atoms with Crippen LogP contribution >= 0.6 is 0 Å². The summed E-state index contributed by atoms with van der Waals surface area (Å²) in [6, 6.07) is 6.36. The number of aliphatic hydroxyl groups is 1.